The fourth-order valence-corrected chi connectivity index (χ4v) is 3.49. The van der Waals surface area contributed by atoms with E-state index < -0.39 is 5.79 Å². The van der Waals surface area contributed by atoms with Crippen molar-refractivity contribution in [1.29, 1.82) is 0 Å². The van der Waals surface area contributed by atoms with Crippen molar-refractivity contribution >= 4 is 23.2 Å². The number of rotatable bonds is 5. The molecule has 7 heteroatoms. The molecule has 1 saturated heterocycles. The van der Waals surface area contributed by atoms with Crippen LogP contribution >= 0.6 is 23.2 Å². The van der Waals surface area contributed by atoms with Crippen LogP contribution in [0.15, 0.2) is 30.9 Å². The fourth-order valence-electron chi connectivity index (χ4n) is 2.95. The summed E-state index contributed by atoms with van der Waals surface area (Å²) in [6, 6.07) is 5.12. The largest absolute Gasteiger partial charge is 0.341 e. The van der Waals surface area contributed by atoms with Crippen LogP contribution in [-0.2, 0) is 15.3 Å². The fraction of sp³-hybridized carbons (Fsp3) is 0.500. The molecule has 1 fully saturated rings. The van der Waals surface area contributed by atoms with Crippen molar-refractivity contribution in [2.24, 2.45) is 0 Å². The van der Waals surface area contributed by atoms with Gasteiger partial charge in [0.05, 0.1) is 17.7 Å². The number of benzene rings is 1. The topological polar surface area (TPSA) is 49.2 Å². The monoisotopic (exact) mass is 355 g/mol. The van der Waals surface area contributed by atoms with Gasteiger partial charge >= 0.3 is 0 Å². The first-order chi connectivity index (χ1) is 11.1. The number of aromatic nitrogens is 3. The third kappa shape index (κ3) is 3.11. The van der Waals surface area contributed by atoms with Gasteiger partial charge < -0.3 is 9.47 Å². The summed E-state index contributed by atoms with van der Waals surface area (Å²) in [5, 5.41) is 5.32. The highest BCUT2D eigenvalue weighted by Gasteiger charge is 2.49. The van der Waals surface area contributed by atoms with Gasteiger partial charge in [0.15, 0.2) is 0 Å². The van der Waals surface area contributed by atoms with Gasteiger partial charge in [0.2, 0.25) is 5.79 Å². The number of ether oxygens (including phenoxy) is 2. The molecule has 2 aromatic rings. The molecule has 0 N–H and O–H groups in total. The molecule has 0 spiro atoms. The Morgan fingerprint density at radius 2 is 2.26 bits per heavy atom. The van der Waals surface area contributed by atoms with E-state index in [1.54, 1.807) is 23.1 Å². The van der Waals surface area contributed by atoms with Crippen LogP contribution in [0.2, 0.25) is 10.0 Å². The predicted octanol–water partition coefficient (Wildman–Crippen LogP) is 4.21. The molecule has 3 unspecified atom stereocenters. The van der Waals surface area contributed by atoms with Gasteiger partial charge in [0, 0.05) is 10.6 Å². The maximum atomic E-state index is 6.44. The molecule has 0 amide bonds. The first kappa shape index (κ1) is 16.7. The summed E-state index contributed by atoms with van der Waals surface area (Å²) in [5.74, 6) is -1.00. The second kappa shape index (κ2) is 6.77. The predicted molar refractivity (Wildman–Crippen MR) is 88.6 cm³/mol. The third-order valence-corrected chi connectivity index (χ3v) is 4.67. The van der Waals surface area contributed by atoms with E-state index in [0.717, 1.165) is 18.4 Å². The summed E-state index contributed by atoms with van der Waals surface area (Å²) in [5.41, 5.74) is 0.755. The summed E-state index contributed by atoms with van der Waals surface area (Å²) in [7, 11) is 0. The molecule has 5 nitrogen and oxygen atoms in total. The van der Waals surface area contributed by atoms with E-state index in [9.17, 15) is 0 Å². The van der Waals surface area contributed by atoms with Crippen molar-refractivity contribution in [3.05, 3.63) is 46.5 Å². The highest BCUT2D eigenvalue weighted by molar-refractivity contribution is 6.35. The second-order valence-corrected chi connectivity index (χ2v) is 6.53. The van der Waals surface area contributed by atoms with Gasteiger partial charge in [0.25, 0.3) is 0 Å². The molecule has 2 heterocycles. The zero-order valence-corrected chi connectivity index (χ0v) is 14.6. The molecular formula is C16H19Cl2N3O2. The van der Waals surface area contributed by atoms with Crippen LogP contribution in [-0.4, -0.2) is 27.5 Å². The standard InChI is InChI=1S/C16H19Cl2N3O2/c1-3-4-13-8-22-16(23-13,11(2)21-10-19-9-20-21)14-6-5-12(17)7-15(14)18/h5-7,9-11,13H,3-4,8H2,1-2H3. The molecule has 124 valence electrons. The number of halogens is 2. The lowest BCUT2D eigenvalue weighted by molar-refractivity contribution is -0.207. The van der Waals surface area contributed by atoms with Gasteiger partial charge in [-0.25, -0.2) is 9.67 Å². The molecule has 3 rings (SSSR count). The lowest BCUT2D eigenvalue weighted by Crippen LogP contribution is -2.38. The van der Waals surface area contributed by atoms with E-state index in [1.165, 1.54) is 6.33 Å². The van der Waals surface area contributed by atoms with E-state index in [4.69, 9.17) is 32.7 Å². The molecule has 1 aliphatic rings. The molecule has 1 aromatic carbocycles. The Morgan fingerprint density at radius 1 is 1.43 bits per heavy atom. The minimum atomic E-state index is -1.00. The van der Waals surface area contributed by atoms with E-state index in [0.29, 0.717) is 16.7 Å². The van der Waals surface area contributed by atoms with Crippen molar-refractivity contribution in [3.63, 3.8) is 0 Å². The van der Waals surface area contributed by atoms with Gasteiger partial charge in [-0.2, -0.15) is 5.10 Å². The first-order valence-electron chi connectivity index (χ1n) is 7.68. The highest BCUT2D eigenvalue weighted by atomic mass is 35.5. The molecule has 1 aliphatic heterocycles. The maximum Gasteiger partial charge on any atom is 0.219 e. The molecule has 0 aliphatic carbocycles. The van der Waals surface area contributed by atoms with Gasteiger partial charge in [-0.3, -0.25) is 0 Å². The quantitative estimate of drug-likeness (QED) is 0.805. The van der Waals surface area contributed by atoms with Crippen LogP contribution in [0.5, 0.6) is 0 Å². The van der Waals surface area contributed by atoms with Crippen LogP contribution in [0.1, 0.15) is 38.3 Å². The molecule has 23 heavy (non-hydrogen) atoms. The lowest BCUT2D eigenvalue weighted by Gasteiger charge is -2.34. The molecule has 0 bridgehead atoms. The molecular weight excluding hydrogens is 337 g/mol. The summed E-state index contributed by atoms with van der Waals surface area (Å²) in [4.78, 5) is 4.02. The van der Waals surface area contributed by atoms with Crippen LogP contribution in [0.25, 0.3) is 0 Å². The summed E-state index contributed by atoms with van der Waals surface area (Å²) in [6.45, 7) is 4.62. The van der Waals surface area contributed by atoms with E-state index >= 15 is 0 Å². The SMILES string of the molecule is CCCC1COC(c2ccc(Cl)cc2Cl)(C(C)n2cncn2)O1. The minimum Gasteiger partial charge on any atom is -0.341 e. The Kier molecular flexibility index (Phi) is 4.92. The summed E-state index contributed by atoms with van der Waals surface area (Å²) >= 11 is 12.5. The average Bonchev–Trinajstić information content (AvgIpc) is 3.17. The smallest absolute Gasteiger partial charge is 0.219 e. The Bertz CT molecular complexity index is 665. The van der Waals surface area contributed by atoms with Crippen LogP contribution in [0.3, 0.4) is 0 Å². The Labute approximate surface area is 145 Å². The third-order valence-electron chi connectivity index (χ3n) is 4.13. The lowest BCUT2D eigenvalue weighted by atomic mass is 9.98. The van der Waals surface area contributed by atoms with Crippen LogP contribution in [0, 0.1) is 0 Å². The molecule has 3 atom stereocenters. The minimum absolute atomic E-state index is 0.0257. The average molecular weight is 356 g/mol. The maximum absolute atomic E-state index is 6.44. The first-order valence-corrected chi connectivity index (χ1v) is 8.44. The highest BCUT2D eigenvalue weighted by Crippen LogP contribution is 2.46. The van der Waals surface area contributed by atoms with Crippen LogP contribution < -0.4 is 0 Å². The van der Waals surface area contributed by atoms with Gasteiger partial charge in [0.1, 0.15) is 18.7 Å². The summed E-state index contributed by atoms with van der Waals surface area (Å²) in [6.07, 6.45) is 5.12. The van der Waals surface area contributed by atoms with Crippen LogP contribution in [0.4, 0.5) is 0 Å². The van der Waals surface area contributed by atoms with Gasteiger partial charge in [-0.05, 0) is 25.5 Å². The van der Waals surface area contributed by atoms with Crippen molar-refractivity contribution in [3.8, 4) is 0 Å². The number of nitrogens with zero attached hydrogens (tertiary/aromatic N) is 3. The van der Waals surface area contributed by atoms with Crippen molar-refractivity contribution in [2.45, 2.75) is 44.6 Å². The van der Waals surface area contributed by atoms with E-state index in [1.807, 2.05) is 13.0 Å². The Hall–Kier alpha value is -1.14. The summed E-state index contributed by atoms with van der Waals surface area (Å²) < 4.78 is 14.2. The Morgan fingerprint density at radius 3 is 2.91 bits per heavy atom. The second-order valence-electron chi connectivity index (χ2n) is 5.68. The molecule has 0 saturated carbocycles. The molecule has 0 radical (unpaired) electrons. The van der Waals surface area contributed by atoms with Crippen molar-refractivity contribution in [1.82, 2.24) is 14.8 Å². The zero-order valence-electron chi connectivity index (χ0n) is 13.1. The van der Waals surface area contributed by atoms with Gasteiger partial charge in [-0.1, -0.05) is 42.6 Å². The van der Waals surface area contributed by atoms with E-state index in [-0.39, 0.29) is 12.1 Å². The normalized spacial score (nSPS) is 25.7. The van der Waals surface area contributed by atoms with E-state index in [2.05, 4.69) is 17.0 Å². The molecule has 1 aromatic heterocycles. The van der Waals surface area contributed by atoms with Crippen molar-refractivity contribution < 1.29 is 9.47 Å². The van der Waals surface area contributed by atoms with Crippen molar-refractivity contribution in [2.75, 3.05) is 6.61 Å². The Balaban J connectivity index is 2.04. The number of hydrogen-bond acceptors (Lipinski definition) is 4. The van der Waals surface area contributed by atoms with Gasteiger partial charge in [-0.15, -0.1) is 0 Å². The zero-order chi connectivity index (χ0) is 16.4. The number of hydrogen-bond donors (Lipinski definition) is 0.